The van der Waals surface area contributed by atoms with Gasteiger partial charge in [-0.3, -0.25) is 0 Å². The Bertz CT molecular complexity index is 107. The molecule has 1 fully saturated rings. The van der Waals surface area contributed by atoms with Crippen molar-refractivity contribution in [2.24, 2.45) is 17.8 Å². The molecule has 0 aromatic carbocycles. The van der Waals surface area contributed by atoms with Crippen molar-refractivity contribution in [3.05, 3.63) is 0 Å². The van der Waals surface area contributed by atoms with E-state index in [4.69, 9.17) is 0 Å². The van der Waals surface area contributed by atoms with Gasteiger partial charge in [0.05, 0.1) is 0 Å². The summed E-state index contributed by atoms with van der Waals surface area (Å²) >= 11 is 0. The molecule has 0 radical (unpaired) electrons. The van der Waals surface area contributed by atoms with Crippen molar-refractivity contribution >= 4 is 0 Å². The molecule has 0 aliphatic heterocycles. The summed E-state index contributed by atoms with van der Waals surface area (Å²) in [5, 5.41) is 0. The van der Waals surface area contributed by atoms with Crippen molar-refractivity contribution < 1.29 is 0 Å². The van der Waals surface area contributed by atoms with Gasteiger partial charge in [0, 0.05) is 0 Å². The average Bonchev–Trinajstić information content (AvgIpc) is 2.37. The molecule has 3 unspecified atom stereocenters. The van der Waals surface area contributed by atoms with Gasteiger partial charge < -0.3 is 0 Å². The van der Waals surface area contributed by atoms with E-state index in [0.717, 1.165) is 17.8 Å². The molecule has 0 nitrogen and oxygen atoms in total. The van der Waals surface area contributed by atoms with Crippen molar-refractivity contribution in [2.45, 2.75) is 52.9 Å². The summed E-state index contributed by atoms with van der Waals surface area (Å²) in [5.74, 6) is 3.04. The first kappa shape index (κ1) is 9.09. The lowest BCUT2D eigenvalue weighted by Crippen LogP contribution is -2.08. The van der Waals surface area contributed by atoms with Crippen LogP contribution in [-0.2, 0) is 0 Å². The number of rotatable bonds is 3. The van der Waals surface area contributed by atoms with Crippen LogP contribution in [-0.4, -0.2) is 0 Å². The van der Waals surface area contributed by atoms with E-state index in [2.05, 4.69) is 20.8 Å². The molecule has 1 aliphatic carbocycles. The molecule has 0 spiro atoms. The first-order valence-corrected chi connectivity index (χ1v) is 5.24. The minimum absolute atomic E-state index is 0.959. The van der Waals surface area contributed by atoms with Crippen molar-refractivity contribution in [3.8, 4) is 0 Å². The third-order valence-corrected chi connectivity index (χ3v) is 3.44. The van der Waals surface area contributed by atoms with Crippen LogP contribution in [0.4, 0.5) is 0 Å². The third kappa shape index (κ3) is 2.50. The molecule has 0 heteroatoms. The fourth-order valence-electron chi connectivity index (χ4n) is 2.26. The van der Waals surface area contributed by atoms with Crippen LogP contribution in [0.5, 0.6) is 0 Å². The van der Waals surface area contributed by atoms with Gasteiger partial charge in [-0.25, -0.2) is 0 Å². The molecule has 1 saturated carbocycles. The van der Waals surface area contributed by atoms with Crippen LogP contribution in [0.3, 0.4) is 0 Å². The normalized spacial score (nSPS) is 34.1. The van der Waals surface area contributed by atoms with E-state index in [1.165, 1.54) is 32.1 Å². The minimum atomic E-state index is 0.959. The van der Waals surface area contributed by atoms with Gasteiger partial charge in [0.2, 0.25) is 0 Å². The smallest absolute Gasteiger partial charge is 0.0386 e. The Hall–Kier alpha value is 0. The topological polar surface area (TPSA) is 0 Å². The van der Waals surface area contributed by atoms with Crippen LogP contribution in [0.15, 0.2) is 0 Å². The van der Waals surface area contributed by atoms with Gasteiger partial charge >= 0.3 is 0 Å². The van der Waals surface area contributed by atoms with E-state index in [0.29, 0.717) is 0 Å². The van der Waals surface area contributed by atoms with Crippen LogP contribution in [0.25, 0.3) is 0 Å². The van der Waals surface area contributed by atoms with E-state index in [1.54, 1.807) is 0 Å². The van der Waals surface area contributed by atoms with Gasteiger partial charge in [0.25, 0.3) is 0 Å². The summed E-state index contributed by atoms with van der Waals surface area (Å²) in [6.45, 7) is 7.13. The van der Waals surface area contributed by atoms with Crippen LogP contribution in [0.1, 0.15) is 52.9 Å². The second kappa shape index (κ2) is 4.13. The molecule has 0 aromatic rings. The molecule has 0 aromatic heterocycles. The number of hydrogen-bond donors (Lipinski definition) is 0. The molecule has 1 aliphatic rings. The maximum atomic E-state index is 2.43. The largest absolute Gasteiger partial charge is 0.0651 e. The molecule has 1 rings (SSSR count). The van der Waals surface area contributed by atoms with Crippen molar-refractivity contribution in [2.75, 3.05) is 0 Å². The Balaban J connectivity index is 2.24. The molecule has 0 heterocycles. The zero-order valence-electron chi connectivity index (χ0n) is 8.27. The minimum Gasteiger partial charge on any atom is -0.0651 e. The summed E-state index contributed by atoms with van der Waals surface area (Å²) in [6, 6.07) is 0. The quantitative estimate of drug-likeness (QED) is 0.579. The summed E-state index contributed by atoms with van der Waals surface area (Å²) in [6.07, 6.45) is 7.33. The standard InChI is InChI=1S/C11H22/c1-4-9(2)8-11-7-5-6-10(11)3/h9-11H,4-8H2,1-3H3. The van der Waals surface area contributed by atoms with E-state index >= 15 is 0 Å². The maximum absolute atomic E-state index is 2.43. The lowest BCUT2D eigenvalue weighted by molar-refractivity contribution is 0.325. The Morgan fingerprint density at radius 3 is 2.55 bits per heavy atom. The predicted octanol–water partition coefficient (Wildman–Crippen LogP) is 3.86. The zero-order valence-corrected chi connectivity index (χ0v) is 8.27. The molecule has 0 N–H and O–H groups in total. The van der Waals surface area contributed by atoms with E-state index in [9.17, 15) is 0 Å². The monoisotopic (exact) mass is 154 g/mol. The molecule has 0 saturated heterocycles. The van der Waals surface area contributed by atoms with E-state index < -0.39 is 0 Å². The van der Waals surface area contributed by atoms with E-state index in [-0.39, 0.29) is 0 Å². The SMILES string of the molecule is CCC(C)CC1CCCC1C. The molecular weight excluding hydrogens is 132 g/mol. The highest BCUT2D eigenvalue weighted by Gasteiger charge is 2.23. The molecule has 3 atom stereocenters. The number of hydrogen-bond acceptors (Lipinski definition) is 0. The van der Waals surface area contributed by atoms with E-state index in [1.807, 2.05) is 0 Å². The average molecular weight is 154 g/mol. The highest BCUT2D eigenvalue weighted by atomic mass is 14.3. The van der Waals surface area contributed by atoms with Crippen LogP contribution >= 0.6 is 0 Å². The predicted molar refractivity (Wildman–Crippen MR) is 50.6 cm³/mol. The van der Waals surface area contributed by atoms with Crippen molar-refractivity contribution in [3.63, 3.8) is 0 Å². The zero-order chi connectivity index (χ0) is 8.27. The Labute approximate surface area is 71.4 Å². The summed E-state index contributed by atoms with van der Waals surface area (Å²) < 4.78 is 0. The molecular formula is C11H22. The molecule has 11 heavy (non-hydrogen) atoms. The highest BCUT2D eigenvalue weighted by Crippen LogP contribution is 2.35. The van der Waals surface area contributed by atoms with Gasteiger partial charge in [-0.1, -0.05) is 46.5 Å². The maximum Gasteiger partial charge on any atom is -0.0386 e. The lowest BCUT2D eigenvalue weighted by atomic mass is 9.87. The van der Waals surface area contributed by atoms with Crippen LogP contribution in [0.2, 0.25) is 0 Å². The van der Waals surface area contributed by atoms with Gasteiger partial charge in [-0.05, 0) is 24.2 Å². The van der Waals surface area contributed by atoms with Crippen molar-refractivity contribution in [1.82, 2.24) is 0 Å². The van der Waals surface area contributed by atoms with Gasteiger partial charge in [0.15, 0.2) is 0 Å². The molecule has 0 amide bonds. The Morgan fingerprint density at radius 1 is 1.36 bits per heavy atom. The fraction of sp³-hybridized carbons (Fsp3) is 1.00. The second-order valence-electron chi connectivity index (χ2n) is 4.42. The third-order valence-electron chi connectivity index (χ3n) is 3.44. The lowest BCUT2D eigenvalue weighted by Gasteiger charge is -2.18. The van der Waals surface area contributed by atoms with Crippen LogP contribution < -0.4 is 0 Å². The van der Waals surface area contributed by atoms with Crippen molar-refractivity contribution in [1.29, 1.82) is 0 Å². The Morgan fingerprint density at radius 2 is 2.09 bits per heavy atom. The Kier molecular flexibility index (Phi) is 3.42. The fourth-order valence-corrected chi connectivity index (χ4v) is 2.26. The van der Waals surface area contributed by atoms with Gasteiger partial charge in [-0.2, -0.15) is 0 Å². The molecule has 66 valence electrons. The van der Waals surface area contributed by atoms with Gasteiger partial charge in [0.1, 0.15) is 0 Å². The summed E-state index contributed by atoms with van der Waals surface area (Å²) in [4.78, 5) is 0. The second-order valence-corrected chi connectivity index (χ2v) is 4.42. The first-order chi connectivity index (χ1) is 5.24. The first-order valence-electron chi connectivity index (χ1n) is 5.24. The molecule has 0 bridgehead atoms. The highest BCUT2D eigenvalue weighted by molar-refractivity contribution is 4.75. The van der Waals surface area contributed by atoms with Gasteiger partial charge in [-0.15, -0.1) is 0 Å². The summed E-state index contributed by atoms with van der Waals surface area (Å²) in [5.41, 5.74) is 0. The van der Waals surface area contributed by atoms with Crippen LogP contribution in [0, 0.1) is 17.8 Å². The summed E-state index contributed by atoms with van der Waals surface area (Å²) in [7, 11) is 0.